The highest BCUT2D eigenvalue weighted by molar-refractivity contribution is 6.02. The number of fused-ring (bicyclic) bond motifs is 3. The maximum Gasteiger partial charge on any atom is 0.319 e. The Balaban J connectivity index is 1.36. The van der Waals surface area contributed by atoms with Gasteiger partial charge in [-0.15, -0.1) is 6.42 Å². The van der Waals surface area contributed by atoms with Gasteiger partial charge in [-0.05, 0) is 54.8 Å². The zero-order chi connectivity index (χ0) is 30.6. The van der Waals surface area contributed by atoms with E-state index in [9.17, 15) is 14.8 Å². The minimum Gasteiger partial charge on any atom is -0.508 e. The first-order valence-electron chi connectivity index (χ1n) is 15.0. The quantitative estimate of drug-likeness (QED) is 0.282. The Morgan fingerprint density at radius 1 is 1.23 bits per heavy atom. The molecule has 0 amide bonds. The van der Waals surface area contributed by atoms with Crippen LogP contribution in [0.3, 0.4) is 0 Å². The summed E-state index contributed by atoms with van der Waals surface area (Å²) in [6.45, 7) is 4.65. The number of hydrogen-bond acceptors (Lipinski definition) is 8. The molecule has 8 nitrogen and oxygen atoms in total. The summed E-state index contributed by atoms with van der Waals surface area (Å²) in [5.74, 6) is 2.39. The lowest BCUT2D eigenvalue weighted by Gasteiger charge is -2.31. The third kappa shape index (κ3) is 4.65. The number of pyridine rings is 1. The first-order chi connectivity index (χ1) is 21.2. The van der Waals surface area contributed by atoms with E-state index < -0.39 is 17.5 Å². The third-order valence-corrected chi connectivity index (χ3v) is 9.61. The predicted octanol–water partition coefficient (Wildman–Crippen LogP) is 5.76. The van der Waals surface area contributed by atoms with Crippen molar-refractivity contribution in [2.75, 3.05) is 37.7 Å². The number of phenolic OH excluding ortho intramolecular Hbond substituents is 1. The molecule has 0 spiro atoms. The van der Waals surface area contributed by atoms with Gasteiger partial charge in [0.1, 0.15) is 35.6 Å². The molecule has 4 aromatic rings. The molecule has 3 saturated heterocycles. The SMILES string of the molecule is C#Cc1cccc2cc(O)cc(-c3ncc4c(N5CC[C@@](C)(CC#N)C5)nc(OCC56CCCN5C[C@H](F)C6)nc4c3F)c12. The van der Waals surface area contributed by atoms with Gasteiger partial charge >= 0.3 is 6.01 Å². The standard InChI is InChI=1S/C34H32F2N6O2/c1-3-21-6-4-7-22-14-24(43)15-25(27(21)22)29-28(36)30-26(17-38-29)31(41-13-10-33(2,19-41)9-11-37)40-32(39-30)44-20-34-8-5-12-42(34)18-23(35)16-34/h1,4,6-7,14-15,17,23,43H,5,8-10,12-13,16,18-20H2,2H3/t23-,33-,34?/m1/s1. The molecule has 3 aliphatic rings. The molecule has 1 N–H and O–H groups in total. The van der Waals surface area contributed by atoms with Gasteiger partial charge < -0.3 is 14.7 Å². The van der Waals surface area contributed by atoms with Gasteiger partial charge in [-0.25, -0.2) is 8.78 Å². The summed E-state index contributed by atoms with van der Waals surface area (Å²) < 4.78 is 37.4. The number of aromatic hydroxyl groups is 1. The molecule has 2 aromatic heterocycles. The second-order valence-electron chi connectivity index (χ2n) is 12.7. The van der Waals surface area contributed by atoms with Crippen LogP contribution < -0.4 is 9.64 Å². The van der Waals surface area contributed by atoms with Gasteiger partial charge in [-0.2, -0.15) is 15.2 Å². The average Bonchev–Trinajstić information content (AvgIpc) is 3.67. The predicted molar refractivity (Wildman–Crippen MR) is 164 cm³/mol. The summed E-state index contributed by atoms with van der Waals surface area (Å²) in [5.41, 5.74) is 0.236. The molecule has 1 unspecified atom stereocenters. The Morgan fingerprint density at radius 3 is 2.91 bits per heavy atom. The smallest absolute Gasteiger partial charge is 0.319 e. The van der Waals surface area contributed by atoms with Gasteiger partial charge in [0, 0.05) is 55.2 Å². The van der Waals surface area contributed by atoms with Crippen molar-refractivity contribution in [3.05, 3.63) is 47.9 Å². The summed E-state index contributed by atoms with van der Waals surface area (Å²) >= 11 is 0. The number of hydrogen-bond donors (Lipinski definition) is 1. The molecule has 3 atom stereocenters. The fourth-order valence-corrected chi connectivity index (χ4v) is 7.42. The number of aromatic nitrogens is 3. The monoisotopic (exact) mass is 594 g/mol. The van der Waals surface area contributed by atoms with E-state index in [1.54, 1.807) is 30.5 Å². The Kier molecular flexibility index (Phi) is 6.78. The van der Waals surface area contributed by atoms with Gasteiger partial charge in [-0.3, -0.25) is 9.88 Å². The highest BCUT2D eigenvalue weighted by Crippen LogP contribution is 2.43. The molecule has 10 heteroatoms. The minimum atomic E-state index is -0.912. The average molecular weight is 595 g/mol. The van der Waals surface area contributed by atoms with Crippen molar-refractivity contribution < 1.29 is 18.6 Å². The Bertz CT molecular complexity index is 1890. The van der Waals surface area contributed by atoms with Crippen molar-refractivity contribution in [3.63, 3.8) is 0 Å². The number of alkyl halides is 1. The van der Waals surface area contributed by atoms with Crippen molar-refractivity contribution in [1.82, 2.24) is 19.9 Å². The molecule has 7 rings (SSSR count). The largest absolute Gasteiger partial charge is 0.508 e. The fraction of sp³-hybridized carbons (Fsp3) is 0.412. The molecule has 224 valence electrons. The van der Waals surface area contributed by atoms with E-state index in [2.05, 4.69) is 33.8 Å². The van der Waals surface area contributed by atoms with Crippen LogP contribution in [0.15, 0.2) is 36.5 Å². The van der Waals surface area contributed by atoms with Crippen LogP contribution in [-0.4, -0.2) is 69.5 Å². The van der Waals surface area contributed by atoms with Crippen molar-refractivity contribution in [1.29, 1.82) is 5.26 Å². The second kappa shape index (κ2) is 10.6. The number of nitriles is 1. The van der Waals surface area contributed by atoms with Crippen LogP contribution in [0.1, 0.15) is 44.6 Å². The molecule has 0 radical (unpaired) electrons. The molecule has 2 aromatic carbocycles. The fourth-order valence-electron chi connectivity index (χ4n) is 7.42. The Morgan fingerprint density at radius 2 is 2.09 bits per heavy atom. The lowest BCUT2D eigenvalue weighted by molar-refractivity contribution is 0.107. The van der Waals surface area contributed by atoms with E-state index in [0.29, 0.717) is 65.6 Å². The van der Waals surface area contributed by atoms with E-state index in [4.69, 9.17) is 16.1 Å². The number of ether oxygens (including phenoxy) is 1. The van der Waals surface area contributed by atoms with E-state index in [1.807, 2.05) is 4.90 Å². The zero-order valence-corrected chi connectivity index (χ0v) is 24.5. The topological polar surface area (TPSA) is 98.4 Å². The number of halogens is 2. The number of nitrogens with zero attached hydrogens (tertiary/aromatic N) is 6. The van der Waals surface area contributed by atoms with Crippen LogP contribution in [0.25, 0.3) is 32.9 Å². The highest BCUT2D eigenvalue weighted by atomic mass is 19.1. The maximum atomic E-state index is 16.7. The molecular weight excluding hydrogens is 562 g/mol. The molecule has 5 heterocycles. The lowest BCUT2D eigenvalue weighted by Crippen LogP contribution is -2.43. The van der Waals surface area contributed by atoms with Crippen LogP contribution >= 0.6 is 0 Å². The van der Waals surface area contributed by atoms with Gasteiger partial charge in [0.2, 0.25) is 0 Å². The highest BCUT2D eigenvalue weighted by Gasteiger charge is 2.49. The van der Waals surface area contributed by atoms with Crippen molar-refractivity contribution in [2.45, 2.75) is 50.7 Å². The van der Waals surface area contributed by atoms with Crippen LogP contribution in [0.4, 0.5) is 14.6 Å². The van der Waals surface area contributed by atoms with Crippen LogP contribution in [0, 0.1) is 34.9 Å². The van der Waals surface area contributed by atoms with E-state index in [-0.39, 0.29) is 35.0 Å². The second-order valence-corrected chi connectivity index (χ2v) is 12.7. The molecule has 0 saturated carbocycles. The zero-order valence-electron chi connectivity index (χ0n) is 24.5. The Hall–Kier alpha value is -4.54. The van der Waals surface area contributed by atoms with Crippen LogP contribution in [-0.2, 0) is 0 Å². The van der Waals surface area contributed by atoms with Gasteiger partial charge in [0.15, 0.2) is 5.82 Å². The number of terminal acetylenes is 1. The Labute approximate surface area is 254 Å². The van der Waals surface area contributed by atoms with Gasteiger partial charge in [0.25, 0.3) is 0 Å². The molecule has 3 aliphatic heterocycles. The maximum absolute atomic E-state index is 16.7. The van der Waals surface area contributed by atoms with Crippen LogP contribution in [0.5, 0.6) is 11.8 Å². The molecular formula is C34H32F2N6O2. The van der Waals surface area contributed by atoms with Crippen molar-refractivity contribution >= 4 is 27.5 Å². The number of phenols is 1. The summed E-state index contributed by atoms with van der Waals surface area (Å²) in [5, 5.41) is 21.6. The molecule has 0 aliphatic carbocycles. The first-order valence-corrected chi connectivity index (χ1v) is 15.0. The van der Waals surface area contributed by atoms with Gasteiger partial charge in [-0.1, -0.05) is 25.0 Å². The van der Waals surface area contributed by atoms with Crippen LogP contribution in [0.2, 0.25) is 0 Å². The summed E-state index contributed by atoms with van der Waals surface area (Å²) in [6.07, 6.45) is 9.76. The normalized spacial score (nSPS) is 24.9. The molecule has 3 fully saturated rings. The third-order valence-electron chi connectivity index (χ3n) is 9.61. The van der Waals surface area contributed by atoms with E-state index >= 15 is 4.39 Å². The number of rotatable bonds is 6. The summed E-state index contributed by atoms with van der Waals surface area (Å²) in [6, 6.07) is 10.7. The van der Waals surface area contributed by atoms with Crippen molar-refractivity contribution in [3.8, 4) is 41.4 Å². The summed E-state index contributed by atoms with van der Waals surface area (Å²) in [4.78, 5) is 18.0. The first kappa shape index (κ1) is 28.2. The number of benzene rings is 2. The lowest BCUT2D eigenvalue weighted by atomic mass is 9.87. The molecule has 44 heavy (non-hydrogen) atoms. The van der Waals surface area contributed by atoms with Gasteiger partial charge in [0.05, 0.1) is 17.0 Å². The van der Waals surface area contributed by atoms with E-state index in [0.717, 1.165) is 25.8 Å². The number of anilines is 1. The minimum absolute atomic E-state index is 0.00560. The summed E-state index contributed by atoms with van der Waals surface area (Å²) in [7, 11) is 0. The molecule has 0 bridgehead atoms. The van der Waals surface area contributed by atoms with Crippen molar-refractivity contribution in [2.24, 2.45) is 5.41 Å². The van der Waals surface area contributed by atoms with E-state index in [1.165, 1.54) is 6.07 Å².